The monoisotopic (exact) mass is 347 g/mol. The van der Waals surface area contributed by atoms with Crippen LogP contribution in [-0.4, -0.2) is 6.79 Å². The lowest BCUT2D eigenvalue weighted by Crippen LogP contribution is -2.04. The van der Waals surface area contributed by atoms with Crippen LogP contribution in [0.2, 0.25) is 0 Å². The van der Waals surface area contributed by atoms with Gasteiger partial charge in [-0.2, -0.15) is 0 Å². The van der Waals surface area contributed by atoms with Gasteiger partial charge in [0.05, 0.1) is 12.0 Å². The van der Waals surface area contributed by atoms with Crippen LogP contribution in [0.4, 0.5) is 5.69 Å². The smallest absolute Gasteiger partial charge is 0.344 e. The zero-order valence-electron chi connectivity index (χ0n) is 14.0. The Morgan fingerprint density at radius 2 is 1.69 bits per heavy atom. The second-order valence-electron chi connectivity index (χ2n) is 5.95. The number of nitrogen functional groups attached to an aromatic ring is 1. The van der Waals surface area contributed by atoms with E-state index in [1.54, 1.807) is 18.2 Å². The normalized spacial score (nSPS) is 11.1. The third-order valence-electron chi connectivity index (χ3n) is 4.13. The predicted molar refractivity (Wildman–Crippen MR) is 101 cm³/mol. The van der Waals surface area contributed by atoms with E-state index in [-0.39, 0.29) is 6.79 Å². The summed E-state index contributed by atoms with van der Waals surface area (Å²) in [7, 11) is 0. The van der Waals surface area contributed by atoms with Gasteiger partial charge >= 0.3 is 5.63 Å². The second-order valence-corrected chi connectivity index (χ2v) is 5.95. The lowest BCUT2D eigenvalue weighted by molar-refractivity contribution is 0.00509. The number of rotatable bonds is 5. The van der Waals surface area contributed by atoms with Crippen molar-refractivity contribution in [3.05, 3.63) is 82.7 Å². The topological polar surface area (TPSA) is 74.7 Å². The van der Waals surface area contributed by atoms with Crippen molar-refractivity contribution in [1.82, 2.24) is 0 Å². The molecule has 0 saturated carbocycles. The van der Waals surface area contributed by atoms with Crippen molar-refractivity contribution in [2.45, 2.75) is 6.61 Å². The molecule has 1 heterocycles. The highest BCUT2D eigenvalue weighted by atomic mass is 16.7. The largest absolute Gasteiger partial charge is 0.467 e. The molecule has 4 aromatic rings. The van der Waals surface area contributed by atoms with E-state index in [1.165, 1.54) is 0 Å². The van der Waals surface area contributed by atoms with Gasteiger partial charge in [-0.15, -0.1) is 0 Å². The Morgan fingerprint density at radius 1 is 0.885 bits per heavy atom. The fraction of sp³-hybridized carbons (Fsp3) is 0.0952. The molecule has 3 aromatic carbocycles. The van der Waals surface area contributed by atoms with E-state index in [9.17, 15) is 4.79 Å². The lowest BCUT2D eigenvalue weighted by atomic mass is 10.1. The zero-order chi connectivity index (χ0) is 17.9. The van der Waals surface area contributed by atoms with E-state index in [0.29, 0.717) is 29.0 Å². The first-order valence-corrected chi connectivity index (χ1v) is 8.21. The Bertz CT molecular complexity index is 1120. The molecule has 4 rings (SSSR count). The summed E-state index contributed by atoms with van der Waals surface area (Å²) in [6, 6.07) is 20.5. The molecule has 0 aliphatic heterocycles. The van der Waals surface area contributed by atoms with Crippen LogP contribution in [0.1, 0.15) is 5.56 Å². The van der Waals surface area contributed by atoms with Crippen molar-refractivity contribution in [2.75, 3.05) is 12.5 Å². The number of hydrogen-bond donors (Lipinski definition) is 1. The van der Waals surface area contributed by atoms with Gasteiger partial charge in [-0.1, -0.05) is 36.4 Å². The average molecular weight is 347 g/mol. The lowest BCUT2D eigenvalue weighted by Gasteiger charge is -2.09. The molecule has 0 unspecified atom stereocenters. The molecule has 1 aromatic heterocycles. The van der Waals surface area contributed by atoms with Crippen molar-refractivity contribution in [3.8, 4) is 5.75 Å². The van der Waals surface area contributed by atoms with Gasteiger partial charge in [0.25, 0.3) is 0 Å². The molecule has 0 saturated heterocycles. The predicted octanol–water partition coefficient (Wildman–Crippen LogP) is 4.08. The molecule has 130 valence electrons. The minimum Gasteiger partial charge on any atom is -0.467 e. The van der Waals surface area contributed by atoms with Crippen LogP contribution in [0.5, 0.6) is 5.75 Å². The molecular formula is C21H17NO4. The fourth-order valence-corrected chi connectivity index (χ4v) is 2.86. The van der Waals surface area contributed by atoms with Gasteiger partial charge in [-0.25, -0.2) is 4.79 Å². The number of fused-ring (bicyclic) bond motifs is 3. The Labute approximate surface area is 149 Å². The minimum atomic E-state index is -0.419. The molecule has 0 radical (unpaired) electrons. The van der Waals surface area contributed by atoms with Crippen LogP contribution in [0.15, 0.2) is 75.9 Å². The number of anilines is 1. The summed E-state index contributed by atoms with van der Waals surface area (Å²) in [5.41, 5.74) is 7.41. The molecule has 0 aliphatic carbocycles. The molecule has 0 bridgehead atoms. The van der Waals surface area contributed by atoms with Gasteiger partial charge in [0.1, 0.15) is 11.3 Å². The first-order chi connectivity index (χ1) is 12.7. The Morgan fingerprint density at radius 3 is 2.54 bits per heavy atom. The summed E-state index contributed by atoms with van der Waals surface area (Å²) in [6.45, 7) is 0.574. The molecular weight excluding hydrogens is 330 g/mol. The molecule has 2 N–H and O–H groups in total. The molecule has 0 fully saturated rings. The third-order valence-corrected chi connectivity index (χ3v) is 4.13. The summed E-state index contributed by atoms with van der Waals surface area (Å²) in [4.78, 5) is 12.2. The van der Waals surface area contributed by atoms with E-state index < -0.39 is 5.63 Å². The average Bonchev–Trinajstić information content (AvgIpc) is 2.66. The van der Waals surface area contributed by atoms with Gasteiger partial charge in [0.2, 0.25) is 0 Å². The highest BCUT2D eigenvalue weighted by molar-refractivity contribution is 6.05. The molecule has 5 heteroatoms. The van der Waals surface area contributed by atoms with Crippen molar-refractivity contribution in [1.29, 1.82) is 0 Å². The van der Waals surface area contributed by atoms with Gasteiger partial charge in [0, 0.05) is 22.5 Å². The summed E-state index contributed by atoms with van der Waals surface area (Å²) in [5, 5.41) is 2.10. The van der Waals surface area contributed by atoms with Crippen molar-refractivity contribution in [2.24, 2.45) is 0 Å². The van der Waals surface area contributed by atoms with E-state index >= 15 is 0 Å². The Hall–Kier alpha value is -3.31. The quantitative estimate of drug-likeness (QED) is 0.194. The molecule has 0 atom stereocenters. The van der Waals surface area contributed by atoms with Gasteiger partial charge in [-0.3, -0.25) is 0 Å². The van der Waals surface area contributed by atoms with Gasteiger partial charge < -0.3 is 19.6 Å². The molecule has 0 aliphatic rings. The van der Waals surface area contributed by atoms with Crippen LogP contribution in [0.3, 0.4) is 0 Å². The fourth-order valence-electron chi connectivity index (χ4n) is 2.86. The molecule has 5 nitrogen and oxygen atoms in total. The highest BCUT2D eigenvalue weighted by Crippen LogP contribution is 2.27. The van der Waals surface area contributed by atoms with E-state index in [1.807, 2.05) is 48.5 Å². The molecule has 26 heavy (non-hydrogen) atoms. The number of nitrogens with two attached hydrogens (primary N) is 1. The maximum Gasteiger partial charge on any atom is 0.344 e. The van der Waals surface area contributed by atoms with E-state index in [4.69, 9.17) is 19.6 Å². The van der Waals surface area contributed by atoms with Crippen LogP contribution in [-0.2, 0) is 11.3 Å². The summed E-state index contributed by atoms with van der Waals surface area (Å²) >= 11 is 0. The Kier molecular flexibility index (Phi) is 4.29. The van der Waals surface area contributed by atoms with Crippen molar-refractivity contribution >= 4 is 27.4 Å². The maximum atomic E-state index is 12.2. The minimum absolute atomic E-state index is 0.106. The van der Waals surface area contributed by atoms with Crippen molar-refractivity contribution in [3.63, 3.8) is 0 Å². The summed E-state index contributed by atoms with van der Waals surface area (Å²) in [6.07, 6.45) is 0. The standard InChI is InChI=1S/C21H17NO4/c22-15-6-8-17-18-9-7-16(11-20(18)26-21(23)19(17)10-15)25-13-24-12-14-4-2-1-3-5-14/h1-11H,12-13,22H2. The first-order valence-electron chi connectivity index (χ1n) is 8.21. The van der Waals surface area contributed by atoms with E-state index in [0.717, 1.165) is 16.3 Å². The maximum absolute atomic E-state index is 12.2. The number of hydrogen-bond acceptors (Lipinski definition) is 5. The number of ether oxygens (including phenoxy) is 2. The summed E-state index contributed by atoms with van der Waals surface area (Å²) < 4.78 is 16.5. The van der Waals surface area contributed by atoms with Crippen LogP contribution < -0.4 is 16.1 Å². The van der Waals surface area contributed by atoms with E-state index in [2.05, 4.69) is 0 Å². The summed E-state index contributed by atoms with van der Waals surface area (Å²) in [5.74, 6) is 0.573. The van der Waals surface area contributed by atoms with Crippen LogP contribution in [0, 0.1) is 0 Å². The molecule has 0 spiro atoms. The highest BCUT2D eigenvalue weighted by Gasteiger charge is 2.09. The SMILES string of the molecule is Nc1ccc2c(c1)c(=O)oc1cc(OCOCc3ccccc3)ccc12. The first kappa shape index (κ1) is 16.2. The Balaban J connectivity index is 1.53. The van der Waals surface area contributed by atoms with Crippen LogP contribution >= 0.6 is 0 Å². The van der Waals surface area contributed by atoms with Gasteiger partial charge in [-0.05, 0) is 29.8 Å². The third kappa shape index (κ3) is 3.25. The second kappa shape index (κ2) is 6.90. The van der Waals surface area contributed by atoms with Crippen molar-refractivity contribution < 1.29 is 13.9 Å². The zero-order valence-corrected chi connectivity index (χ0v) is 14.0. The number of benzene rings is 3. The van der Waals surface area contributed by atoms with Gasteiger partial charge in [0.15, 0.2) is 6.79 Å². The van der Waals surface area contributed by atoms with Crippen LogP contribution in [0.25, 0.3) is 21.7 Å². The molecule has 0 amide bonds.